The first kappa shape index (κ1) is 10.5. The van der Waals surface area contributed by atoms with Gasteiger partial charge in [-0.15, -0.1) is 11.3 Å². The predicted octanol–water partition coefficient (Wildman–Crippen LogP) is 2.74. The van der Waals surface area contributed by atoms with Gasteiger partial charge in [0.05, 0.1) is 22.5 Å². The van der Waals surface area contributed by atoms with E-state index in [4.69, 9.17) is 5.73 Å². The summed E-state index contributed by atoms with van der Waals surface area (Å²) in [5, 5.41) is 1.02. The van der Waals surface area contributed by atoms with Crippen molar-refractivity contribution in [3.63, 3.8) is 0 Å². The lowest BCUT2D eigenvalue weighted by Gasteiger charge is -2.10. The summed E-state index contributed by atoms with van der Waals surface area (Å²) >= 11 is 1.67. The van der Waals surface area contributed by atoms with Crippen molar-refractivity contribution in [1.29, 1.82) is 0 Å². The van der Waals surface area contributed by atoms with E-state index in [1.54, 1.807) is 23.7 Å². The molecule has 0 fully saturated rings. The Morgan fingerprint density at radius 1 is 1.47 bits per heavy atom. The standard InChI is InChI=1S/C11H15N3S/c1-7(2)5-8(12)11-14-9-6-13-4-3-10(9)15-11/h3-4,6-8H,5,12H2,1-2H3. The third-order valence-electron chi connectivity index (χ3n) is 2.25. The van der Waals surface area contributed by atoms with Crippen LogP contribution in [0.1, 0.15) is 31.3 Å². The molecule has 4 heteroatoms. The largest absolute Gasteiger partial charge is 0.322 e. The number of hydrogen-bond acceptors (Lipinski definition) is 4. The molecule has 0 aliphatic carbocycles. The molecule has 0 saturated heterocycles. The number of rotatable bonds is 3. The Labute approximate surface area is 93.4 Å². The van der Waals surface area contributed by atoms with E-state index in [1.807, 2.05) is 6.07 Å². The van der Waals surface area contributed by atoms with Gasteiger partial charge in [-0.1, -0.05) is 13.8 Å². The minimum absolute atomic E-state index is 0.0578. The molecule has 2 N–H and O–H groups in total. The average Bonchev–Trinajstić information content (AvgIpc) is 2.59. The fourth-order valence-corrected chi connectivity index (χ4v) is 2.51. The minimum Gasteiger partial charge on any atom is -0.322 e. The summed E-state index contributed by atoms with van der Waals surface area (Å²) in [6, 6.07) is 2.04. The van der Waals surface area contributed by atoms with E-state index in [9.17, 15) is 0 Å². The molecule has 0 amide bonds. The molecule has 15 heavy (non-hydrogen) atoms. The molecule has 0 spiro atoms. The van der Waals surface area contributed by atoms with Crippen LogP contribution in [-0.4, -0.2) is 9.97 Å². The van der Waals surface area contributed by atoms with E-state index in [2.05, 4.69) is 23.8 Å². The number of nitrogens with zero attached hydrogens (tertiary/aromatic N) is 2. The maximum Gasteiger partial charge on any atom is 0.111 e. The summed E-state index contributed by atoms with van der Waals surface area (Å²) in [6.45, 7) is 4.35. The second-order valence-electron chi connectivity index (χ2n) is 4.13. The van der Waals surface area contributed by atoms with Gasteiger partial charge in [-0.05, 0) is 18.4 Å². The molecule has 1 unspecified atom stereocenters. The van der Waals surface area contributed by atoms with Gasteiger partial charge in [-0.25, -0.2) is 4.98 Å². The summed E-state index contributed by atoms with van der Waals surface area (Å²) in [5.74, 6) is 0.602. The van der Waals surface area contributed by atoms with Gasteiger partial charge in [0.25, 0.3) is 0 Å². The highest BCUT2D eigenvalue weighted by Crippen LogP contribution is 2.27. The fraction of sp³-hybridized carbons (Fsp3) is 0.455. The van der Waals surface area contributed by atoms with Gasteiger partial charge in [0.15, 0.2) is 0 Å². The highest BCUT2D eigenvalue weighted by Gasteiger charge is 2.13. The topological polar surface area (TPSA) is 51.8 Å². The van der Waals surface area contributed by atoms with E-state index in [0.717, 1.165) is 16.9 Å². The molecule has 2 heterocycles. The molecule has 0 radical (unpaired) electrons. The number of nitrogens with two attached hydrogens (primary N) is 1. The van der Waals surface area contributed by atoms with Gasteiger partial charge in [-0.3, -0.25) is 4.98 Å². The number of thiazole rings is 1. The van der Waals surface area contributed by atoms with Gasteiger partial charge in [0.2, 0.25) is 0 Å². The molecule has 3 nitrogen and oxygen atoms in total. The Morgan fingerprint density at radius 2 is 2.27 bits per heavy atom. The molecule has 2 rings (SSSR count). The number of hydrogen-bond donors (Lipinski definition) is 1. The highest BCUT2D eigenvalue weighted by atomic mass is 32.1. The smallest absolute Gasteiger partial charge is 0.111 e. The van der Waals surface area contributed by atoms with Crippen molar-refractivity contribution in [2.75, 3.05) is 0 Å². The third-order valence-corrected chi connectivity index (χ3v) is 3.42. The van der Waals surface area contributed by atoms with E-state index in [0.29, 0.717) is 5.92 Å². The molecular formula is C11H15N3S. The Kier molecular flexibility index (Phi) is 2.98. The summed E-state index contributed by atoms with van der Waals surface area (Å²) < 4.78 is 1.17. The van der Waals surface area contributed by atoms with Crippen LogP contribution >= 0.6 is 11.3 Å². The van der Waals surface area contributed by atoms with Crippen LogP contribution < -0.4 is 5.73 Å². The van der Waals surface area contributed by atoms with Crippen LogP contribution in [0.15, 0.2) is 18.5 Å². The lowest BCUT2D eigenvalue weighted by Crippen LogP contribution is -2.12. The van der Waals surface area contributed by atoms with Crippen molar-refractivity contribution in [3.8, 4) is 0 Å². The Balaban J connectivity index is 2.28. The van der Waals surface area contributed by atoms with Gasteiger partial charge in [0, 0.05) is 6.20 Å². The molecule has 0 aliphatic heterocycles. The lowest BCUT2D eigenvalue weighted by atomic mass is 10.1. The van der Waals surface area contributed by atoms with Crippen molar-refractivity contribution in [1.82, 2.24) is 9.97 Å². The molecule has 2 aromatic rings. The predicted molar refractivity (Wildman–Crippen MR) is 63.8 cm³/mol. The van der Waals surface area contributed by atoms with Crippen molar-refractivity contribution >= 4 is 21.6 Å². The van der Waals surface area contributed by atoms with Crippen LogP contribution in [0, 0.1) is 5.92 Å². The molecule has 2 aromatic heterocycles. The van der Waals surface area contributed by atoms with Crippen molar-refractivity contribution in [2.24, 2.45) is 11.7 Å². The molecule has 0 saturated carbocycles. The number of aromatic nitrogens is 2. The van der Waals surface area contributed by atoms with E-state index >= 15 is 0 Å². The van der Waals surface area contributed by atoms with Gasteiger partial charge >= 0.3 is 0 Å². The highest BCUT2D eigenvalue weighted by molar-refractivity contribution is 7.18. The summed E-state index contributed by atoms with van der Waals surface area (Å²) in [6.07, 6.45) is 4.56. The van der Waals surface area contributed by atoms with Crippen LogP contribution in [-0.2, 0) is 0 Å². The maximum absolute atomic E-state index is 6.09. The number of fused-ring (bicyclic) bond motifs is 1. The van der Waals surface area contributed by atoms with E-state index in [-0.39, 0.29) is 6.04 Å². The van der Waals surface area contributed by atoms with Crippen LogP contribution in [0.4, 0.5) is 0 Å². The Hall–Kier alpha value is -1.00. The maximum atomic E-state index is 6.09. The monoisotopic (exact) mass is 221 g/mol. The van der Waals surface area contributed by atoms with Crippen molar-refractivity contribution in [2.45, 2.75) is 26.3 Å². The number of pyridine rings is 1. The Bertz CT molecular complexity index is 417. The van der Waals surface area contributed by atoms with E-state index < -0.39 is 0 Å². The zero-order valence-electron chi connectivity index (χ0n) is 8.97. The van der Waals surface area contributed by atoms with Crippen LogP contribution in [0.3, 0.4) is 0 Å². The fourth-order valence-electron chi connectivity index (χ4n) is 1.57. The second-order valence-corrected chi connectivity index (χ2v) is 5.19. The molecule has 1 atom stereocenters. The summed E-state index contributed by atoms with van der Waals surface area (Å²) in [7, 11) is 0. The Morgan fingerprint density at radius 3 is 2.93 bits per heavy atom. The minimum atomic E-state index is 0.0578. The molecular weight excluding hydrogens is 206 g/mol. The first-order valence-electron chi connectivity index (χ1n) is 5.13. The molecule has 0 aromatic carbocycles. The first-order valence-corrected chi connectivity index (χ1v) is 5.94. The average molecular weight is 221 g/mol. The lowest BCUT2D eigenvalue weighted by molar-refractivity contribution is 0.509. The molecule has 0 aliphatic rings. The van der Waals surface area contributed by atoms with E-state index in [1.165, 1.54) is 4.70 Å². The second kappa shape index (κ2) is 4.24. The van der Waals surface area contributed by atoms with Gasteiger partial charge in [-0.2, -0.15) is 0 Å². The van der Waals surface area contributed by atoms with Gasteiger partial charge < -0.3 is 5.73 Å². The quantitative estimate of drug-likeness (QED) is 0.867. The third kappa shape index (κ3) is 2.33. The molecule has 80 valence electrons. The summed E-state index contributed by atoms with van der Waals surface area (Å²) in [4.78, 5) is 8.55. The first-order chi connectivity index (χ1) is 7.16. The summed E-state index contributed by atoms with van der Waals surface area (Å²) in [5.41, 5.74) is 7.04. The van der Waals surface area contributed by atoms with Crippen molar-refractivity contribution in [3.05, 3.63) is 23.5 Å². The van der Waals surface area contributed by atoms with Crippen LogP contribution in [0.25, 0.3) is 10.2 Å². The molecule has 0 bridgehead atoms. The van der Waals surface area contributed by atoms with Crippen LogP contribution in [0.5, 0.6) is 0 Å². The van der Waals surface area contributed by atoms with Crippen LogP contribution in [0.2, 0.25) is 0 Å². The van der Waals surface area contributed by atoms with Crippen molar-refractivity contribution < 1.29 is 0 Å². The van der Waals surface area contributed by atoms with Gasteiger partial charge in [0.1, 0.15) is 5.01 Å². The normalized spacial score (nSPS) is 13.6. The zero-order chi connectivity index (χ0) is 10.8. The SMILES string of the molecule is CC(C)CC(N)c1nc2cnccc2s1. The zero-order valence-corrected chi connectivity index (χ0v) is 9.79.